The summed E-state index contributed by atoms with van der Waals surface area (Å²) in [4.78, 5) is 22.2. The van der Waals surface area contributed by atoms with Gasteiger partial charge in [0.1, 0.15) is 11.7 Å². The van der Waals surface area contributed by atoms with Crippen LogP contribution < -0.4 is 0 Å². The quantitative estimate of drug-likeness (QED) is 0.674. The highest BCUT2D eigenvalue weighted by atomic mass is 16.6. The van der Waals surface area contributed by atoms with Gasteiger partial charge in [-0.2, -0.15) is 0 Å². The molecule has 0 unspecified atom stereocenters. The van der Waals surface area contributed by atoms with Crippen LogP contribution in [-0.4, -0.2) is 23.6 Å². The molecule has 0 amide bonds. The lowest BCUT2D eigenvalue weighted by atomic mass is 10.1. The van der Waals surface area contributed by atoms with Gasteiger partial charge in [-0.3, -0.25) is 9.59 Å². The second kappa shape index (κ2) is 7.30. The Labute approximate surface area is 104 Å². The predicted molar refractivity (Wildman–Crippen MR) is 65.5 cm³/mol. The van der Waals surface area contributed by atoms with E-state index in [-0.39, 0.29) is 18.0 Å². The van der Waals surface area contributed by atoms with Crippen LogP contribution in [0.2, 0.25) is 0 Å². The molecule has 4 nitrogen and oxygen atoms in total. The molecule has 0 bridgehead atoms. The molecule has 17 heavy (non-hydrogen) atoms. The molecule has 0 aliphatic rings. The Bertz CT molecular complexity index is 253. The normalized spacial score (nSPS) is 13.0. The van der Waals surface area contributed by atoms with E-state index in [9.17, 15) is 9.59 Å². The van der Waals surface area contributed by atoms with Gasteiger partial charge in [-0.25, -0.2) is 0 Å². The lowest BCUT2D eigenvalue weighted by molar-refractivity contribution is -0.155. The van der Waals surface area contributed by atoms with Crippen molar-refractivity contribution in [1.82, 2.24) is 0 Å². The van der Waals surface area contributed by atoms with Gasteiger partial charge in [0.05, 0.1) is 0 Å². The monoisotopic (exact) mass is 244 g/mol. The number of ether oxygens (including phenoxy) is 2. The van der Waals surface area contributed by atoms with Crippen LogP contribution in [0.5, 0.6) is 0 Å². The summed E-state index contributed by atoms with van der Waals surface area (Å²) in [7, 11) is 0. The van der Waals surface area contributed by atoms with Crippen LogP contribution in [0.1, 0.15) is 60.3 Å². The average molecular weight is 244 g/mol. The standard InChI is InChI=1S/C13H24O4/c1-6-11(16-10(2)14)8-7-9-12(15)17-13(3,4)5/h11H,6-9H2,1-5H3/t11-/m1/s1. The van der Waals surface area contributed by atoms with Crippen LogP contribution in [0.4, 0.5) is 0 Å². The summed E-state index contributed by atoms with van der Waals surface area (Å²) in [6.45, 7) is 8.90. The average Bonchev–Trinajstić information content (AvgIpc) is 2.12. The predicted octanol–water partition coefficient (Wildman–Crippen LogP) is 2.84. The number of carbonyl (C=O) groups excluding carboxylic acids is 2. The maximum absolute atomic E-state index is 11.4. The van der Waals surface area contributed by atoms with E-state index in [1.54, 1.807) is 0 Å². The first-order valence-corrected chi connectivity index (χ1v) is 6.13. The first-order chi connectivity index (χ1) is 7.74. The van der Waals surface area contributed by atoms with Crippen molar-refractivity contribution in [2.45, 2.75) is 72.0 Å². The minimum atomic E-state index is -0.433. The molecule has 0 radical (unpaired) electrons. The van der Waals surface area contributed by atoms with E-state index >= 15 is 0 Å². The van der Waals surface area contributed by atoms with E-state index in [0.717, 1.165) is 6.42 Å². The third kappa shape index (κ3) is 9.85. The first kappa shape index (κ1) is 15.9. The smallest absolute Gasteiger partial charge is 0.306 e. The molecule has 0 aliphatic carbocycles. The van der Waals surface area contributed by atoms with E-state index < -0.39 is 5.60 Å². The summed E-state index contributed by atoms with van der Waals surface area (Å²) in [6, 6.07) is 0. The summed E-state index contributed by atoms with van der Waals surface area (Å²) in [5.41, 5.74) is -0.433. The summed E-state index contributed by atoms with van der Waals surface area (Å²) < 4.78 is 10.3. The van der Waals surface area contributed by atoms with Gasteiger partial charge in [-0.05, 0) is 40.0 Å². The number of hydrogen-bond donors (Lipinski definition) is 0. The molecule has 0 fully saturated rings. The summed E-state index contributed by atoms with van der Waals surface area (Å²) >= 11 is 0. The lowest BCUT2D eigenvalue weighted by Crippen LogP contribution is -2.24. The molecule has 0 heterocycles. The van der Waals surface area contributed by atoms with Crippen LogP contribution in [0.25, 0.3) is 0 Å². The van der Waals surface area contributed by atoms with Crippen molar-refractivity contribution < 1.29 is 19.1 Å². The first-order valence-electron chi connectivity index (χ1n) is 6.13. The third-order valence-electron chi connectivity index (χ3n) is 2.11. The van der Waals surface area contributed by atoms with Crippen LogP contribution in [0.3, 0.4) is 0 Å². The van der Waals surface area contributed by atoms with Gasteiger partial charge in [0.15, 0.2) is 0 Å². The second-order valence-corrected chi connectivity index (χ2v) is 5.12. The Morgan fingerprint density at radius 2 is 1.82 bits per heavy atom. The fourth-order valence-electron chi connectivity index (χ4n) is 1.45. The molecule has 0 aromatic rings. The fraction of sp³-hybridized carbons (Fsp3) is 0.846. The van der Waals surface area contributed by atoms with E-state index in [0.29, 0.717) is 19.3 Å². The van der Waals surface area contributed by atoms with Gasteiger partial charge in [-0.15, -0.1) is 0 Å². The van der Waals surface area contributed by atoms with Gasteiger partial charge in [0.25, 0.3) is 0 Å². The molecule has 100 valence electrons. The highest BCUT2D eigenvalue weighted by molar-refractivity contribution is 5.69. The summed E-state index contributed by atoms with van der Waals surface area (Å²) in [6.07, 6.45) is 2.44. The maximum Gasteiger partial charge on any atom is 0.306 e. The SMILES string of the molecule is CC[C@H](CCCC(=O)OC(C)(C)C)OC(C)=O. The van der Waals surface area contributed by atoms with Crippen LogP contribution in [0.15, 0.2) is 0 Å². The Morgan fingerprint density at radius 3 is 2.24 bits per heavy atom. The number of rotatable bonds is 6. The Kier molecular flexibility index (Phi) is 6.85. The minimum Gasteiger partial charge on any atom is -0.463 e. The summed E-state index contributed by atoms with van der Waals surface area (Å²) in [5.74, 6) is -0.468. The van der Waals surface area contributed by atoms with Crippen molar-refractivity contribution in [3.63, 3.8) is 0 Å². The largest absolute Gasteiger partial charge is 0.463 e. The Hall–Kier alpha value is -1.06. The zero-order chi connectivity index (χ0) is 13.5. The Balaban J connectivity index is 3.81. The van der Waals surface area contributed by atoms with Crippen LogP contribution in [0, 0.1) is 0 Å². The van der Waals surface area contributed by atoms with Crippen molar-refractivity contribution in [2.75, 3.05) is 0 Å². The van der Waals surface area contributed by atoms with Crippen molar-refractivity contribution in [1.29, 1.82) is 0 Å². The van der Waals surface area contributed by atoms with Crippen molar-refractivity contribution in [3.8, 4) is 0 Å². The highest BCUT2D eigenvalue weighted by Crippen LogP contribution is 2.13. The van der Waals surface area contributed by atoms with E-state index in [1.165, 1.54) is 6.92 Å². The molecular formula is C13H24O4. The molecular weight excluding hydrogens is 220 g/mol. The van der Waals surface area contributed by atoms with Crippen molar-refractivity contribution in [2.24, 2.45) is 0 Å². The van der Waals surface area contributed by atoms with Gasteiger partial charge in [0.2, 0.25) is 0 Å². The van der Waals surface area contributed by atoms with E-state index in [1.807, 2.05) is 27.7 Å². The topological polar surface area (TPSA) is 52.6 Å². The van der Waals surface area contributed by atoms with Crippen molar-refractivity contribution >= 4 is 11.9 Å². The number of esters is 2. The molecule has 1 atom stereocenters. The number of carbonyl (C=O) groups is 2. The molecule has 0 aromatic carbocycles. The van der Waals surface area contributed by atoms with Gasteiger partial charge < -0.3 is 9.47 Å². The minimum absolute atomic E-state index is 0.0880. The zero-order valence-corrected chi connectivity index (χ0v) is 11.5. The van der Waals surface area contributed by atoms with Gasteiger partial charge in [-0.1, -0.05) is 6.92 Å². The third-order valence-corrected chi connectivity index (χ3v) is 2.11. The molecule has 0 saturated carbocycles. The zero-order valence-electron chi connectivity index (χ0n) is 11.5. The fourth-order valence-corrected chi connectivity index (χ4v) is 1.45. The number of hydrogen-bond acceptors (Lipinski definition) is 4. The molecule has 4 heteroatoms. The molecule has 0 rings (SSSR count). The molecule has 0 aromatic heterocycles. The van der Waals surface area contributed by atoms with Crippen LogP contribution in [-0.2, 0) is 19.1 Å². The van der Waals surface area contributed by atoms with E-state index in [2.05, 4.69) is 0 Å². The molecule has 0 aliphatic heterocycles. The van der Waals surface area contributed by atoms with Gasteiger partial charge >= 0.3 is 11.9 Å². The second-order valence-electron chi connectivity index (χ2n) is 5.12. The maximum atomic E-state index is 11.4. The van der Waals surface area contributed by atoms with Crippen LogP contribution >= 0.6 is 0 Å². The lowest BCUT2D eigenvalue weighted by Gasteiger charge is -2.20. The molecule has 0 saturated heterocycles. The molecule has 0 N–H and O–H groups in total. The molecule has 0 spiro atoms. The Morgan fingerprint density at radius 1 is 1.24 bits per heavy atom. The highest BCUT2D eigenvalue weighted by Gasteiger charge is 2.16. The van der Waals surface area contributed by atoms with E-state index in [4.69, 9.17) is 9.47 Å². The summed E-state index contributed by atoms with van der Waals surface area (Å²) in [5, 5.41) is 0. The van der Waals surface area contributed by atoms with Gasteiger partial charge in [0, 0.05) is 13.3 Å². The van der Waals surface area contributed by atoms with Crippen molar-refractivity contribution in [3.05, 3.63) is 0 Å².